The summed E-state index contributed by atoms with van der Waals surface area (Å²) in [5.74, 6) is -0.397. The van der Waals surface area contributed by atoms with Gasteiger partial charge in [0.1, 0.15) is 11.3 Å². The highest BCUT2D eigenvalue weighted by molar-refractivity contribution is 6.06. The van der Waals surface area contributed by atoms with E-state index in [4.69, 9.17) is 0 Å². The van der Waals surface area contributed by atoms with Gasteiger partial charge in [0.15, 0.2) is 0 Å². The van der Waals surface area contributed by atoms with Gasteiger partial charge in [0.25, 0.3) is 5.91 Å². The number of amides is 3. The fourth-order valence-corrected chi connectivity index (χ4v) is 1.55. The summed E-state index contributed by atoms with van der Waals surface area (Å²) >= 11 is 0. The zero-order chi connectivity index (χ0) is 13.3. The van der Waals surface area contributed by atoms with E-state index < -0.39 is 17.5 Å². The molecule has 1 aromatic rings. The molecule has 6 nitrogen and oxygen atoms in total. The van der Waals surface area contributed by atoms with E-state index in [0.29, 0.717) is 5.56 Å². The van der Waals surface area contributed by atoms with Crippen LogP contribution in [0.4, 0.5) is 4.79 Å². The third kappa shape index (κ3) is 2.04. The van der Waals surface area contributed by atoms with Crippen molar-refractivity contribution >= 4 is 18.2 Å². The molecule has 1 saturated heterocycles. The largest absolute Gasteiger partial charge is 0.507 e. The molecule has 2 N–H and O–H groups in total. The molecule has 1 aliphatic rings. The average Bonchev–Trinajstić information content (AvgIpc) is 2.49. The normalized spacial score (nSPS) is 18.4. The standard InChI is InChI=1S/C12H13N3O3/c1-12(2)10(17)15(11(18)14-12)13-7-8-5-3-4-6-9(8)16/h3-7,16H,1-2H3,(H,14,18)/b13-7+. The number of rotatable bonds is 2. The molecule has 1 heterocycles. The third-order valence-electron chi connectivity index (χ3n) is 2.59. The maximum atomic E-state index is 11.8. The highest BCUT2D eigenvalue weighted by Crippen LogP contribution is 2.18. The number of aromatic hydroxyl groups is 1. The molecule has 1 fully saturated rings. The lowest BCUT2D eigenvalue weighted by Crippen LogP contribution is -2.39. The first-order valence-corrected chi connectivity index (χ1v) is 5.40. The molecular weight excluding hydrogens is 234 g/mol. The van der Waals surface area contributed by atoms with Crippen molar-refractivity contribution in [2.75, 3.05) is 0 Å². The fraction of sp³-hybridized carbons (Fsp3) is 0.250. The lowest BCUT2D eigenvalue weighted by Gasteiger charge is -2.12. The summed E-state index contributed by atoms with van der Waals surface area (Å²) in [5, 5.41) is 16.6. The second kappa shape index (κ2) is 4.14. The summed E-state index contributed by atoms with van der Waals surface area (Å²) in [7, 11) is 0. The molecule has 0 bridgehead atoms. The number of hydrogen-bond donors (Lipinski definition) is 2. The van der Waals surface area contributed by atoms with Crippen molar-refractivity contribution in [1.82, 2.24) is 10.3 Å². The monoisotopic (exact) mass is 247 g/mol. The van der Waals surface area contributed by atoms with E-state index >= 15 is 0 Å². The van der Waals surface area contributed by atoms with Crippen LogP contribution in [0.1, 0.15) is 19.4 Å². The summed E-state index contributed by atoms with van der Waals surface area (Å²) in [5.41, 5.74) is -0.518. The molecule has 1 aliphatic heterocycles. The van der Waals surface area contributed by atoms with Gasteiger partial charge in [-0.25, -0.2) is 4.79 Å². The van der Waals surface area contributed by atoms with Crippen molar-refractivity contribution in [1.29, 1.82) is 0 Å². The number of imide groups is 1. The van der Waals surface area contributed by atoms with E-state index in [1.54, 1.807) is 32.0 Å². The van der Waals surface area contributed by atoms with Gasteiger partial charge < -0.3 is 10.4 Å². The zero-order valence-corrected chi connectivity index (χ0v) is 10.0. The summed E-state index contributed by atoms with van der Waals surface area (Å²) in [4.78, 5) is 23.3. The number of phenolic OH excluding ortho intramolecular Hbond substituents is 1. The van der Waals surface area contributed by atoms with E-state index in [-0.39, 0.29) is 5.75 Å². The van der Waals surface area contributed by atoms with Crippen LogP contribution in [0.2, 0.25) is 0 Å². The van der Waals surface area contributed by atoms with Gasteiger partial charge in [-0.1, -0.05) is 12.1 Å². The molecule has 2 rings (SSSR count). The number of phenols is 1. The van der Waals surface area contributed by atoms with Crippen molar-refractivity contribution < 1.29 is 14.7 Å². The number of carbonyl (C=O) groups excluding carboxylic acids is 2. The van der Waals surface area contributed by atoms with Gasteiger partial charge in [-0.15, -0.1) is 5.01 Å². The highest BCUT2D eigenvalue weighted by Gasteiger charge is 2.44. The molecule has 1 aromatic carbocycles. The molecule has 0 unspecified atom stereocenters. The highest BCUT2D eigenvalue weighted by atomic mass is 16.3. The number of urea groups is 1. The maximum absolute atomic E-state index is 11.8. The van der Waals surface area contributed by atoms with Gasteiger partial charge >= 0.3 is 6.03 Å². The Labute approximate surface area is 104 Å². The Kier molecular flexibility index (Phi) is 2.78. The Morgan fingerprint density at radius 2 is 2.00 bits per heavy atom. The molecule has 6 heteroatoms. The van der Waals surface area contributed by atoms with Crippen molar-refractivity contribution in [3.8, 4) is 5.75 Å². The van der Waals surface area contributed by atoms with Crippen molar-refractivity contribution in [2.24, 2.45) is 5.10 Å². The predicted octanol–water partition coefficient (Wildman–Crippen LogP) is 1.06. The summed E-state index contributed by atoms with van der Waals surface area (Å²) in [6.07, 6.45) is 1.27. The van der Waals surface area contributed by atoms with Gasteiger partial charge in [0.05, 0.1) is 6.21 Å². The van der Waals surface area contributed by atoms with Gasteiger partial charge in [0, 0.05) is 5.56 Å². The van der Waals surface area contributed by atoms with Crippen LogP contribution in [0, 0.1) is 0 Å². The Hall–Kier alpha value is -2.37. The first-order chi connectivity index (χ1) is 8.42. The Bertz CT molecular complexity index is 537. The van der Waals surface area contributed by atoms with Crippen LogP contribution in [-0.4, -0.2) is 33.8 Å². The second-order valence-corrected chi connectivity index (χ2v) is 4.48. The Morgan fingerprint density at radius 1 is 1.33 bits per heavy atom. The van der Waals surface area contributed by atoms with E-state index in [9.17, 15) is 14.7 Å². The van der Waals surface area contributed by atoms with Crippen LogP contribution in [0.15, 0.2) is 29.4 Å². The van der Waals surface area contributed by atoms with Crippen molar-refractivity contribution in [3.63, 3.8) is 0 Å². The minimum Gasteiger partial charge on any atom is -0.507 e. The van der Waals surface area contributed by atoms with Gasteiger partial charge in [-0.3, -0.25) is 4.79 Å². The van der Waals surface area contributed by atoms with Crippen LogP contribution in [0.25, 0.3) is 0 Å². The first kappa shape index (κ1) is 12.1. The Balaban J connectivity index is 2.23. The molecule has 0 saturated carbocycles. The first-order valence-electron chi connectivity index (χ1n) is 5.40. The molecular formula is C12H13N3O3. The zero-order valence-electron chi connectivity index (χ0n) is 10.0. The maximum Gasteiger partial charge on any atom is 0.346 e. The van der Waals surface area contributed by atoms with Gasteiger partial charge in [-0.2, -0.15) is 5.10 Å². The molecule has 0 spiro atoms. The number of nitrogens with one attached hydrogen (secondary N) is 1. The molecule has 0 aromatic heterocycles. The molecule has 3 amide bonds. The quantitative estimate of drug-likeness (QED) is 0.605. The van der Waals surface area contributed by atoms with Crippen molar-refractivity contribution in [2.45, 2.75) is 19.4 Å². The number of hydrazone groups is 1. The van der Waals surface area contributed by atoms with Crippen LogP contribution in [0.3, 0.4) is 0 Å². The second-order valence-electron chi connectivity index (χ2n) is 4.48. The number of para-hydroxylation sites is 1. The number of benzene rings is 1. The third-order valence-corrected chi connectivity index (χ3v) is 2.59. The summed E-state index contributed by atoms with van der Waals surface area (Å²) in [6.45, 7) is 3.20. The molecule has 18 heavy (non-hydrogen) atoms. The van der Waals surface area contributed by atoms with Crippen LogP contribution in [0.5, 0.6) is 5.75 Å². The average molecular weight is 247 g/mol. The van der Waals surface area contributed by atoms with E-state index in [2.05, 4.69) is 10.4 Å². The van der Waals surface area contributed by atoms with Crippen LogP contribution in [-0.2, 0) is 4.79 Å². The number of nitrogens with zero attached hydrogens (tertiary/aromatic N) is 2. The minimum atomic E-state index is -0.951. The topological polar surface area (TPSA) is 82.0 Å². The molecule has 0 aliphatic carbocycles. The van der Waals surface area contributed by atoms with E-state index in [0.717, 1.165) is 5.01 Å². The number of hydrogen-bond acceptors (Lipinski definition) is 4. The predicted molar refractivity (Wildman–Crippen MR) is 65.2 cm³/mol. The van der Waals surface area contributed by atoms with Gasteiger partial charge in [-0.05, 0) is 26.0 Å². The smallest absolute Gasteiger partial charge is 0.346 e. The minimum absolute atomic E-state index is 0.0348. The lowest BCUT2D eigenvalue weighted by atomic mass is 10.1. The van der Waals surface area contributed by atoms with Crippen LogP contribution >= 0.6 is 0 Å². The van der Waals surface area contributed by atoms with E-state index in [1.807, 2.05) is 0 Å². The molecule has 0 atom stereocenters. The fourth-order valence-electron chi connectivity index (χ4n) is 1.55. The van der Waals surface area contributed by atoms with Crippen molar-refractivity contribution in [3.05, 3.63) is 29.8 Å². The molecule has 0 radical (unpaired) electrons. The molecule has 94 valence electrons. The van der Waals surface area contributed by atoms with Crippen LogP contribution < -0.4 is 5.32 Å². The Morgan fingerprint density at radius 3 is 2.56 bits per heavy atom. The lowest BCUT2D eigenvalue weighted by molar-refractivity contribution is -0.130. The summed E-state index contributed by atoms with van der Waals surface area (Å²) < 4.78 is 0. The van der Waals surface area contributed by atoms with Gasteiger partial charge in [0.2, 0.25) is 0 Å². The SMILES string of the molecule is CC1(C)NC(=O)N(/N=C/c2ccccc2O)C1=O. The number of carbonyl (C=O) groups is 2. The van der Waals surface area contributed by atoms with E-state index in [1.165, 1.54) is 12.3 Å². The summed E-state index contributed by atoms with van der Waals surface area (Å²) in [6, 6.07) is 5.94.